The van der Waals surface area contributed by atoms with E-state index in [0.717, 1.165) is 0 Å². The van der Waals surface area contributed by atoms with Crippen LogP contribution in [0.3, 0.4) is 0 Å². The molecule has 4 heterocycles. The van der Waals surface area contributed by atoms with E-state index < -0.39 is 228 Å². The van der Waals surface area contributed by atoms with Crippen molar-refractivity contribution in [2.45, 2.75) is 286 Å². The second-order valence-electron chi connectivity index (χ2n) is 29.6. The number of hydrogen-bond donors (Lipinski definition) is 15. The third-order valence-corrected chi connectivity index (χ3v) is 24.6. The number of aliphatic hydroxyl groups is 14. The maximum Gasteiger partial charge on any atom is 0.335 e. The van der Waals surface area contributed by atoms with E-state index in [2.05, 4.69) is 20.8 Å². The minimum atomic E-state index is -2.28. The van der Waals surface area contributed by atoms with Gasteiger partial charge >= 0.3 is 17.9 Å². The third kappa shape index (κ3) is 10.7. The molecule has 0 amide bonds. The minimum Gasteiger partial charge on any atom is -0.479 e. The molecule has 2 bridgehead atoms. The van der Waals surface area contributed by atoms with Gasteiger partial charge in [-0.25, -0.2) is 9.59 Å². The lowest BCUT2D eigenvalue weighted by Crippen LogP contribution is -2.77. The summed E-state index contributed by atoms with van der Waals surface area (Å²) in [5, 5.41) is 167. The average Bonchev–Trinajstić information content (AvgIpc) is 1.35. The molecule has 0 aromatic carbocycles. The van der Waals surface area contributed by atoms with E-state index >= 15 is 0 Å². The van der Waals surface area contributed by atoms with Crippen LogP contribution < -0.4 is 0 Å². The molecular weight excluding hydrogens is 1190 g/mol. The lowest BCUT2D eigenvalue weighted by molar-refractivity contribution is -0.404. The molecule has 10 fully saturated rings. The van der Waals surface area contributed by atoms with Gasteiger partial charge in [0.05, 0.1) is 42.0 Å². The SMILES string of the molecule is C/C=C(/C)C(=O)O[C@H]1[C@H](OC(=O)CC)[C@@]23[C@H](O)C[C@]4(C)[C@@](CC[C@@H]5[C@@]6(C)CC[C@H](O[C@@H]7O[C@H](C(=O)O)[C@@H](O)[C@H](O[C@@H]8O[C@H](CO)[C@H](O)[C@H](O)[C@@H]8O[C@H]8O[C@H](O)[C@H](O)[C@@H](O)[C@H]8O)[C@H]7O[C@@H]7C[C@H](CO)[C@H](O)[C@H](O)[C@H]7O)C(C)(C)[C@@H]6CC[C@]54C)(O[C@@H]2O)[C@@H]3CC1(C)C. The molecule has 0 aromatic rings. The predicted octanol–water partition coefficient (Wildman–Crippen LogP) is -1.90. The molecule has 0 aromatic heterocycles. The van der Waals surface area contributed by atoms with Crippen LogP contribution in [0.15, 0.2) is 11.6 Å². The zero-order valence-electron chi connectivity index (χ0n) is 52.7. The molecule has 514 valence electrons. The molecule has 0 radical (unpaired) electrons. The fourth-order valence-electron chi connectivity index (χ4n) is 19.4. The Balaban J connectivity index is 0.973. The number of ether oxygens (including phenoxy) is 10. The summed E-state index contributed by atoms with van der Waals surface area (Å²) >= 11 is 0. The van der Waals surface area contributed by atoms with Crippen molar-refractivity contribution >= 4 is 17.9 Å². The van der Waals surface area contributed by atoms with Gasteiger partial charge in [-0.2, -0.15) is 0 Å². The Hall–Kier alpha value is -2.73. The Morgan fingerprint density at radius 1 is 0.600 bits per heavy atom. The van der Waals surface area contributed by atoms with Crippen LogP contribution in [-0.4, -0.2) is 261 Å². The molecule has 28 heteroatoms. The van der Waals surface area contributed by atoms with Crippen molar-refractivity contribution < 1.29 is 138 Å². The first-order valence-corrected chi connectivity index (χ1v) is 31.9. The first kappa shape index (κ1) is 70.1. The number of fused-ring (bicyclic) bond motifs is 4. The van der Waals surface area contributed by atoms with Crippen molar-refractivity contribution in [3.63, 3.8) is 0 Å². The molecule has 6 aliphatic carbocycles. The van der Waals surface area contributed by atoms with Crippen LogP contribution in [0, 0.1) is 56.2 Å². The van der Waals surface area contributed by atoms with Crippen LogP contribution in [0.5, 0.6) is 0 Å². The summed E-state index contributed by atoms with van der Waals surface area (Å²) in [7, 11) is 0. The molecule has 28 nitrogen and oxygen atoms in total. The highest BCUT2D eigenvalue weighted by atomic mass is 16.8. The summed E-state index contributed by atoms with van der Waals surface area (Å²) in [6.07, 6.45) is -39.0. The lowest BCUT2D eigenvalue weighted by atomic mass is 9.30. The van der Waals surface area contributed by atoms with E-state index in [1.165, 1.54) is 0 Å². The molecule has 10 aliphatic rings. The number of aliphatic carboxylic acids is 1. The van der Waals surface area contributed by atoms with Gasteiger partial charge in [-0.1, -0.05) is 61.5 Å². The van der Waals surface area contributed by atoms with E-state index in [-0.39, 0.29) is 31.1 Å². The van der Waals surface area contributed by atoms with Gasteiger partial charge in [-0.05, 0) is 99.7 Å². The highest BCUT2D eigenvalue weighted by Crippen LogP contribution is 2.82. The van der Waals surface area contributed by atoms with Crippen LogP contribution >= 0.6 is 0 Å². The number of carbonyl (C=O) groups is 3. The lowest BCUT2D eigenvalue weighted by Gasteiger charge is -2.75. The summed E-state index contributed by atoms with van der Waals surface area (Å²) < 4.78 is 62.8. The molecule has 4 aliphatic heterocycles. The fourth-order valence-corrected chi connectivity index (χ4v) is 19.4. The molecule has 4 saturated heterocycles. The van der Waals surface area contributed by atoms with E-state index in [0.29, 0.717) is 50.5 Å². The molecule has 33 atom stereocenters. The molecule has 90 heavy (non-hydrogen) atoms. The molecule has 15 N–H and O–H groups in total. The van der Waals surface area contributed by atoms with Gasteiger partial charge in [0.1, 0.15) is 79.4 Å². The Labute approximate surface area is 522 Å². The van der Waals surface area contributed by atoms with Gasteiger partial charge in [-0.3, -0.25) is 4.79 Å². The number of allylic oxidation sites excluding steroid dienone is 1. The summed E-state index contributed by atoms with van der Waals surface area (Å²) in [5.41, 5.74) is -5.87. The standard InChI is InChI=1S/C62H98O28/c1-11-24(3)50(78)88-47-48(84-33(66)12-2)62-30(20-56(47,4)5)61(90-55(62)80)18-14-29-58(8)16-15-32(57(6,7)28(58)13-17-59(29,9)60(61,10)21-31(62)65)83-54-46(81-26-19-25(22-63)34(67)37(70)35(26)68)43(42(75)44(86-54)49(76)77)85-53-45(39(72)36(69)27(23-64)82-53)87-52-41(74)38(71)40(73)51(79)89-52/h11,25-32,34-48,51-55,63-65,67-75,79-80H,12-23H2,1-10H3,(H,76,77)/b24-11-/t25-,26-,27-,28+,29-,30+,31-,32+,34+,35+,36+,37+,38-,39+,40-,41-,42+,43+,44+,45+,46-,47+,48+,51+,52+,53+,54-,55+,58+,59-,60+,61+,62-/m1/s1. The maximum absolute atomic E-state index is 13.6. The quantitative estimate of drug-likeness (QED) is 0.0484. The molecule has 6 saturated carbocycles. The topological polar surface area (TPSA) is 447 Å². The number of carbonyl (C=O) groups excluding carboxylic acids is 2. The Morgan fingerprint density at radius 2 is 1.24 bits per heavy atom. The average molecular weight is 1290 g/mol. The largest absolute Gasteiger partial charge is 0.479 e. The maximum atomic E-state index is 13.6. The third-order valence-electron chi connectivity index (χ3n) is 24.6. The van der Waals surface area contributed by atoms with Crippen LogP contribution in [0.25, 0.3) is 0 Å². The first-order valence-electron chi connectivity index (χ1n) is 31.9. The van der Waals surface area contributed by atoms with E-state index in [1.54, 1.807) is 26.8 Å². The van der Waals surface area contributed by atoms with Crippen LogP contribution in [0.2, 0.25) is 0 Å². The van der Waals surface area contributed by atoms with Crippen molar-refractivity contribution in [3.8, 4) is 0 Å². The molecule has 10 rings (SSSR count). The second kappa shape index (κ2) is 25.0. The monoisotopic (exact) mass is 1290 g/mol. The normalized spacial score (nSPS) is 53.0. The Bertz CT molecular complexity index is 2640. The second-order valence-corrected chi connectivity index (χ2v) is 29.6. The van der Waals surface area contributed by atoms with E-state index in [9.17, 15) is 91.0 Å². The highest BCUT2D eigenvalue weighted by molar-refractivity contribution is 5.87. The van der Waals surface area contributed by atoms with Gasteiger partial charge in [-0.15, -0.1) is 0 Å². The summed E-state index contributed by atoms with van der Waals surface area (Å²) in [6.45, 7) is 17.9. The number of carboxylic acids is 1. The fraction of sp³-hybridized carbons (Fsp3) is 0.919. The summed E-state index contributed by atoms with van der Waals surface area (Å²) in [4.78, 5) is 40.4. The first-order chi connectivity index (χ1) is 42.0. The number of aliphatic hydroxyl groups excluding tert-OH is 14. The van der Waals surface area contributed by atoms with Crippen molar-refractivity contribution in [3.05, 3.63) is 11.6 Å². The number of rotatable bonds is 15. The van der Waals surface area contributed by atoms with Gasteiger partial charge < -0.3 is 124 Å². The van der Waals surface area contributed by atoms with Crippen LogP contribution in [0.4, 0.5) is 0 Å². The number of carboxylic acid groups (broad SMARTS) is 1. The van der Waals surface area contributed by atoms with Gasteiger partial charge in [0.15, 0.2) is 43.7 Å². The molecule has 1 spiro atoms. The van der Waals surface area contributed by atoms with E-state index in [4.69, 9.17) is 47.4 Å². The zero-order chi connectivity index (χ0) is 66.2. The van der Waals surface area contributed by atoms with Gasteiger partial charge in [0.25, 0.3) is 0 Å². The molecular formula is C62H98O28. The predicted molar refractivity (Wildman–Crippen MR) is 302 cm³/mol. The number of esters is 2. The summed E-state index contributed by atoms with van der Waals surface area (Å²) in [5.74, 6) is -4.81. The number of hydrogen-bond acceptors (Lipinski definition) is 27. The van der Waals surface area contributed by atoms with E-state index in [1.807, 2.05) is 27.7 Å². The highest BCUT2D eigenvalue weighted by Gasteiger charge is 2.86. The van der Waals surface area contributed by atoms with Crippen molar-refractivity contribution in [1.29, 1.82) is 0 Å². The Kier molecular flexibility index (Phi) is 19.5. The minimum absolute atomic E-state index is 0.0181. The van der Waals surface area contributed by atoms with Crippen LogP contribution in [-0.2, 0) is 61.8 Å². The molecule has 0 unspecified atom stereocenters. The van der Waals surface area contributed by atoms with Crippen molar-refractivity contribution in [1.82, 2.24) is 0 Å². The zero-order valence-corrected chi connectivity index (χ0v) is 52.7. The smallest absolute Gasteiger partial charge is 0.335 e. The van der Waals surface area contributed by atoms with Crippen LogP contribution in [0.1, 0.15) is 133 Å². The summed E-state index contributed by atoms with van der Waals surface area (Å²) in [6, 6.07) is 0. The van der Waals surface area contributed by atoms with Crippen molar-refractivity contribution in [2.24, 2.45) is 56.2 Å². The Morgan fingerprint density at radius 3 is 1.88 bits per heavy atom. The van der Waals surface area contributed by atoms with Gasteiger partial charge in [0, 0.05) is 41.3 Å². The van der Waals surface area contributed by atoms with Gasteiger partial charge in [0.2, 0.25) is 0 Å². The van der Waals surface area contributed by atoms with Crippen molar-refractivity contribution in [2.75, 3.05) is 13.2 Å².